The maximum absolute atomic E-state index is 14.4. The number of nitriles is 1. The molecule has 0 saturated carbocycles. The van der Waals surface area contributed by atoms with Gasteiger partial charge in [0.15, 0.2) is 0 Å². The third kappa shape index (κ3) is 6.89. The smallest absolute Gasteiger partial charge is 0.246 e. The van der Waals surface area contributed by atoms with Crippen LogP contribution >= 0.6 is 0 Å². The molecule has 1 aliphatic heterocycles. The SMILES string of the molecule is CNC(=O)C1Cc2ccccc2C1NC(=O)C1CC(c2ccccc2)CN1C(=O)C(Cc1cccc(C#N)c1)NC(=O)C(C)N. The molecule has 1 fully saturated rings. The highest BCUT2D eigenvalue weighted by Gasteiger charge is 2.45. The Bertz CT molecular complexity index is 1620. The van der Waals surface area contributed by atoms with Crippen molar-refractivity contribution in [1.82, 2.24) is 20.9 Å². The van der Waals surface area contributed by atoms with Gasteiger partial charge in [0.2, 0.25) is 23.6 Å². The molecule has 10 nitrogen and oxygen atoms in total. The number of hydrogen-bond donors (Lipinski definition) is 4. The number of hydrogen-bond acceptors (Lipinski definition) is 6. The zero-order valence-electron chi connectivity index (χ0n) is 25.4. The predicted molar refractivity (Wildman–Crippen MR) is 168 cm³/mol. The number of nitrogens with one attached hydrogen (secondary N) is 3. The van der Waals surface area contributed by atoms with Crippen LogP contribution < -0.4 is 21.7 Å². The molecule has 1 saturated heterocycles. The molecule has 6 unspecified atom stereocenters. The lowest BCUT2D eigenvalue weighted by atomic mass is 9.95. The van der Waals surface area contributed by atoms with E-state index in [4.69, 9.17) is 5.73 Å². The Labute approximate surface area is 263 Å². The third-order valence-electron chi connectivity index (χ3n) is 8.80. The van der Waals surface area contributed by atoms with E-state index in [1.807, 2.05) is 54.6 Å². The first kappa shape index (κ1) is 31.4. The maximum atomic E-state index is 14.4. The summed E-state index contributed by atoms with van der Waals surface area (Å²) in [6.45, 7) is 1.80. The fraction of sp³-hybridized carbons (Fsp3) is 0.343. The van der Waals surface area contributed by atoms with Crippen LogP contribution in [0.25, 0.3) is 0 Å². The quantitative estimate of drug-likeness (QED) is 0.292. The van der Waals surface area contributed by atoms with E-state index in [0.717, 1.165) is 16.7 Å². The molecule has 0 bridgehead atoms. The minimum absolute atomic E-state index is 0.113. The normalized spacial score (nSPS) is 21.6. The van der Waals surface area contributed by atoms with E-state index < -0.39 is 41.9 Å². The lowest BCUT2D eigenvalue weighted by Crippen LogP contribution is -2.56. The Morgan fingerprint density at radius 2 is 1.73 bits per heavy atom. The first-order valence-corrected chi connectivity index (χ1v) is 15.2. The van der Waals surface area contributed by atoms with E-state index in [2.05, 4.69) is 22.0 Å². The molecule has 3 aromatic rings. The standard InChI is InChI=1S/C35H38N6O4/c1-21(37)32(42)39-29(16-22-9-8-10-23(15-22)19-36)35(45)41-20-26(24-11-4-3-5-12-24)18-30(41)34(44)40-31-27-14-7-6-13-25(27)17-28(31)33(43)38-2/h3-15,21,26,28-31H,16-18,20,37H2,1-2H3,(H,38,43)(H,39,42)(H,40,44). The summed E-state index contributed by atoms with van der Waals surface area (Å²) in [7, 11) is 1.58. The van der Waals surface area contributed by atoms with Gasteiger partial charge in [-0.25, -0.2) is 0 Å². The molecule has 1 heterocycles. The molecule has 3 aromatic carbocycles. The van der Waals surface area contributed by atoms with E-state index in [0.29, 0.717) is 24.0 Å². The van der Waals surface area contributed by atoms with Gasteiger partial charge in [-0.2, -0.15) is 5.26 Å². The molecule has 0 radical (unpaired) electrons. The molecule has 5 N–H and O–H groups in total. The number of fused-ring (bicyclic) bond motifs is 1. The number of rotatable bonds is 9. The van der Waals surface area contributed by atoms with Crippen LogP contribution in [0, 0.1) is 17.2 Å². The zero-order valence-corrected chi connectivity index (χ0v) is 25.4. The number of carbonyl (C=O) groups excluding carboxylic acids is 4. The zero-order chi connectivity index (χ0) is 32.1. The van der Waals surface area contributed by atoms with Crippen LogP contribution in [0.4, 0.5) is 0 Å². The van der Waals surface area contributed by atoms with Gasteiger partial charge >= 0.3 is 0 Å². The summed E-state index contributed by atoms with van der Waals surface area (Å²) < 4.78 is 0. The van der Waals surface area contributed by atoms with Crippen molar-refractivity contribution in [3.8, 4) is 6.07 Å². The lowest BCUT2D eigenvalue weighted by molar-refractivity contribution is -0.142. The second-order valence-electron chi connectivity index (χ2n) is 11.8. The molecule has 0 spiro atoms. The fourth-order valence-corrected chi connectivity index (χ4v) is 6.45. The van der Waals surface area contributed by atoms with Gasteiger partial charge in [-0.05, 0) is 54.2 Å². The number of likely N-dealkylation sites (tertiary alicyclic amines) is 1. The summed E-state index contributed by atoms with van der Waals surface area (Å²) in [6, 6.07) is 23.1. The number of nitrogens with zero attached hydrogens (tertiary/aromatic N) is 2. The summed E-state index contributed by atoms with van der Waals surface area (Å²) >= 11 is 0. The van der Waals surface area contributed by atoms with Crippen LogP contribution in [0.15, 0.2) is 78.9 Å². The second-order valence-corrected chi connectivity index (χ2v) is 11.8. The monoisotopic (exact) mass is 606 g/mol. The van der Waals surface area contributed by atoms with Gasteiger partial charge in [0, 0.05) is 25.9 Å². The number of carbonyl (C=O) groups is 4. The highest BCUT2D eigenvalue weighted by Crippen LogP contribution is 2.38. The van der Waals surface area contributed by atoms with Crippen molar-refractivity contribution in [3.05, 3.63) is 107 Å². The Morgan fingerprint density at radius 3 is 2.44 bits per heavy atom. The van der Waals surface area contributed by atoms with Gasteiger partial charge < -0.3 is 26.6 Å². The number of benzene rings is 3. The van der Waals surface area contributed by atoms with Crippen LogP contribution in [-0.4, -0.2) is 60.2 Å². The van der Waals surface area contributed by atoms with Crippen molar-refractivity contribution < 1.29 is 19.2 Å². The van der Waals surface area contributed by atoms with Crippen molar-refractivity contribution in [2.45, 2.75) is 56.3 Å². The third-order valence-corrected chi connectivity index (χ3v) is 8.80. The van der Waals surface area contributed by atoms with Crippen LogP contribution in [0.3, 0.4) is 0 Å². The predicted octanol–water partition coefficient (Wildman–Crippen LogP) is 2.09. The fourth-order valence-electron chi connectivity index (χ4n) is 6.45. The molecule has 2 aliphatic rings. The minimum atomic E-state index is -1.02. The van der Waals surface area contributed by atoms with Crippen LogP contribution in [0.5, 0.6) is 0 Å². The van der Waals surface area contributed by atoms with Gasteiger partial charge in [-0.15, -0.1) is 0 Å². The topological polar surface area (TPSA) is 157 Å². The van der Waals surface area contributed by atoms with Crippen molar-refractivity contribution in [2.75, 3.05) is 13.6 Å². The summed E-state index contributed by atoms with van der Waals surface area (Å²) in [4.78, 5) is 55.7. The van der Waals surface area contributed by atoms with Crippen molar-refractivity contribution in [1.29, 1.82) is 5.26 Å². The van der Waals surface area contributed by atoms with E-state index in [1.54, 1.807) is 36.2 Å². The minimum Gasteiger partial charge on any atom is -0.359 e. The summed E-state index contributed by atoms with van der Waals surface area (Å²) in [6.07, 6.45) is 0.981. The molecule has 232 valence electrons. The molecule has 5 rings (SSSR count). The largest absolute Gasteiger partial charge is 0.359 e. The summed E-state index contributed by atoms with van der Waals surface area (Å²) in [5, 5.41) is 18.0. The Balaban J connectivity index is 1.46. The average molecular weight is 607 g/mol. The van der Waals surface area contributed by atoms with E-state index in [9.17, 15) is 24.4 Å². The van der Waals surface area contributed by atoms with Crippen LogP contribution in [0.2, 0.25) is 0 Å². The lowest BCUT2D eigenvalue weighted by Gasteiger charge is -2.30. The van der Waals surface area contributed by atoms with E-state index in [-0.39, 0.29) is 30.7 Å². The van der Waals surface area contributed by atoms with Crippen molar-refractivity contribution >= 4 is 23.6 Å². The van der Waals surface area contributed by atoms with Gasteiger partial charge in [0.25, 0.3) is 0 Å². The molecular formula is C35H38N6O4. The number of amides is 4. The highest BCUT2D eigenvalue weighted by atomic mass is 16.2. The molecule has 6 atom stereocenters. The maximum Gasteiger partial charge on any atom is 0.246 e. The first-order chi connectivity index (χ1) is 21.7. The second kappa shape index (κ2) is 13.7. The Morgan fingerprint density at radius 1 is 1.00 bits per heavy atom. The molecule has 4 amide bonds. The van der Waals surface area contributed by atoms with Gasteiger partial charge in [-0.1, -0.05) is 66.7 Å². The van der Waals surface area contributed by atoms with Gasteiger partial charge in [-0.3, -0.25) is 19.2 Å². The first-order valence-electron chi connectivity index (χ1n) is 15.2. The van der Waals surface area contributed by atoms with E-state index in [1.165, 1.54) is 6.92 Å². The van der Waals surface area contributed by atoms with Crippen LogP contribution in [-0.2, 0) is 32.0 Å². The van der Waals surface area contributed by atoms with Crippen molar-refractivity contribution in [3.63, 3.8) is 0 Å². The molecular weight excluding hydrogens is 568 g/mol. The van der Waals surface area contributed by atoms with Crippen molar-refractivity contribution in [2.24, 2.45) is 11.7 Å². The van der Waals surface area contributed by atoms with Crippen LogP contribution in [0.1, 0.15) is 53.1 Å². The van der Waals surface area contributed by atoms with Gasteiger partial charge in [0.1, 0.15) is 12.1 Å². The van der Waals surface area contributed by atoms with E-state index >= 15 is 0 Å². The molecule has 0 aromatic heterocycles. The van der Waals surface area contributed by atoms with Gasteiger partial charge in [0.05, 0.1) is 29.6 Å². The number of nitrogens with two attached hydrogens (primary N) is 1. The molecule has 1 aliphatic carbocycles. The summed E-state index contributed by atoms with van der Waals surface area (Å²) in [5.74, 6) is -2.06. The average Bonchev–Trinajstić information content (AvgIpc) is 3.67. The Kier molecular flexibility index (Phi) is 9.59. The Hall–Kier alpha value is -5.01. The highest BCUT2D eigenvalue weighted by molar-refractivity contribution is 5.94. The molecule has 45 heavy (non-hydrogen) atoms. The molecule has 10 heteroatoms. The summed E-state index contributed by atoms with van der Waals surface area (Å²) in [5.41, 5.74) is 9.85.